The number of carbonyl (C=O) groups is 1. The summed E-state index contributed by atoms with van der Waals surface area (Å²) < 4.78 is 27.9. The number of halogens is 2. The number of nitrogens with zero attached hydrogens (tertiary/aromatic N) is 4. The first-order valence-electron chi connectivity index (χ1n) is 9.98. The van der Waals surface area contributed by atoms with E-state index < -0.39 is 23.9 Å². The molecule has 10 heteroatoms. The lowest BCUT2D eigenvalue weighted by molar-refractivity contribution is 0.232. The van der Waals surface area contributed by atoms with Crippen LogP contribution in [-0.4, -0.2) is 33.8 Å². The summed E-state index contributed by atoms with van der Waals surface area (Å²) in [4.78, 5) is 24.9. The average molecular weight is 440 g/mol. The molecule has 166 valence electrons. The van der Waals surface area contributed by atoms with Crippen molar-refractivity contribution in [2.45, 2.75) is 25.9 Å². The number of anilines is 5. The van der Waals surface area contributed by atoms with Gasteiger partial charge in [0, 0.05) is 23.1 Å². The van der Waals surface area contributed by atoms with Gasteiger partial charge in [-0.1, -0.05) is 0 Å². The number of aliphatic hydroxyl groups excluding tert-OH is 1. The molecule has 8 nitrogen and oxygen atoms in total. The lowest BCUT2D eigenvalue weighted by atomic mass is 10.0. The van der Waals surface area contributed by atoms with Crippen molar-refractivity contribution in [2.24, 2.45) is 0 Å². The first kappa shape index (κ1) is 21.4. The summed E-state index contributed by atoms with van der Waals surface area (Å²) in [7, 11) is 0. The van der Waals surface area contributed by atoms with Gasteiger partial charge in [-0.15, -0.1) is 0 Å². The first-order chi connectivity index (χ1) is 15.3. The summed E-state index contributed by atoms with van der Waals surface area (Å²) in [5.74, 6) is -0.520. The topological polar surface area (TPSA) is 108 Å². The van der Waals surface area contributed by atoms with Gasteiger partial charge in [0.25, 0.3) is 0 Å². The Bertz CT molecular complexity index is 1160. The van der Waals surface area contributed by atoms with E-state index in [0.717, 1.165) is 6.07 Å². The smallest absolute Gasteiger partial charge is 0.331 e. The first-order valence-corrected chi connectivity index (χ1v) is 9.98. The van der Waals surface area contributed by atoms with Crippen LogP contribution in [-0.2, 0) is 0 Å². The fourth-order valence-corrected chi connectivity index (χ4v) is 3.61. The largest absolute Gasteiger partial charge is 0.399 e. The third-order valence-electron chi connectivity index (χ3n) is 5.31. The number of benzene rings is 2. The Morgan fingerprint density at radius 3 is 2.59 bits per heavy atom. The van der Waals surface area contributed by atoms with Crippen LogP contribution in [0.1, 0.15) is 25.5 Å². The van der Waals surface area contributed by atoms with Crippen molar-refractivity contribution in [2.75, 3.05) is 27.5 Å². The SMILES string of the molecule is C[C@H](CO)N1C(=O)N(c2ccc(N)cc2F)[C@@H](C)c2cnc(Nc3ccc(F)cc3)nc21. The van der Waals surface area contributed by atoms with Crippen LogP contribution in [0.5, 0.6) is 0 Å². The number of carbonyl (C=O) groups excluding carboxylic acids is 1. The van der Waals surface area contributed by atoms with E-state index in [0.29, 0.717) is 17.1 Å². The highest BCUT2D eigenvalue weighted by Crippen LogP contribution is 2.40. The minimum absolute atomic E-state index is 0.0611. The van der Waals surface area contributed by atoms with Gasteiger partial charge in [0.05, 0.1) is 24.4 Å². The second-order valence-electron chi connectivity index (χ2n) is 7.55. The number of urea groups is 1. The highest BCUT2D eigenvalue weighted by Gasteiger charge is 2.41. The second kappa shape index (κ2) is 8.39. The maximum absolute atomic E-state index is 14.7. The predicted octanol–water partition coefficient (Wildman–Crippen LogP) is 3.97. The van der Waals surface area contributed by atoms with Gasteiger partial charge in [0.15, 0.2) is 0 Å². The zero-order valence-electron chi connectivity index (χ0n) is 17.5. The summed E-state index contributed by atoms with van der Waals surface area (Å²) in [5.41, 5.74) is 7.09. The number of aromatic nitrogens is 2. The Kier molecular flexibility index (Phi) is 5.62. The molecule has 2 aromatic carbocycles. The van der Waals surface area contributed by atoms with Crippen LogP contribution in [0.4, 0.5) is 42.4 Å². The fourth-order valence-electron chi connectivity index (χ4n) is 3.61. The zero-order valence-corrected chi connectivity index (χ0v) is 17.5. The Labute approximate surface area is 183 Å². The number of nitrogens with one attached hydrogen (secondary N) is 1. The molecule has 4 rings (SSSR count). The number of nitrogens with two attached hydrogens (primary N) is 1. The molecule has 1 aromatic heterocycles. The molecule has 0 spiro atoms. The normalized spacial score (nSPS) is 16.7. The second-order valence-corrected chi connectivity index (χ2v) is 7.55. The maximum Gasteiger partial charge on any atom is 0.331 e. The number of fused-ring (bicyclic) bond motifs is 1. The van der Waals surface area contributed by atoms with Gasteiger partial charge in [-0.25, -0.2) is 18.6 Å². The minimum atomic E-state index is -0.638. The van der Waals surface area contributed by atoms with Gasteiger partial charge in [-0.05, 0) is 56.3 Å². The standard InChI is InChI=1S/C22H22F2N6O2/c1-12(11-31)29-20-17(10-26-21(28-20)27-16-6-3-14(23)4-7-16)13(2)30(22(29)32)19-8-5-15(25)9-18(19)24/h3-10,12-13,31H,11,25H2,1-2H3,(H,26,27,28)/t12-,13+/m1/s1. The Morgan fingerprint density at radius 2 is 1.94 bits per heavy atom. The molecule has 0 saturated carbocycles. The van der Waals surface area contributed by atoms with E-state index in [1.807, 2.05) is 0 Å². The van der Waals surface area contributed by atoms with Gasteiger partial charge < -0.3 is 16.2 Å². The quantitative estimate of drug-likeness (QED) is 0.518. The van der Waals surface area contributed by atoms with Crippen molar-refractivity contribution < 1.29 is 18.7 Å². The molecule has 0 bridgehead atoms. The molecule has 32 heavy (non-hydrogen) atoms. The van der Waals surface area contributed by atoms with Crippen LogP contribution in [0.15, 0.2) is 48.7 Å². The molecule has 1 aliphatic rings. The van der Waals surface area contributed by atoms with Gasteiger partial charge in [-0.2, -0.15) is 4.98 Å². The van der Waals surface area contributed by atoms with E-state index in [4.69, 9.17) is 5.73 Å². The molecule has 2 amide bonds. The lowest BCUT2D eigenvalue weighted by Gasteiger charge is -2.42. The highest BCUT2D eigenvalue weighted by molar-refractivity contribution is 6.06. The van der Waals surface area contributed by atoms with Crippen molar-refractivity contribution >= 4 is 34.9 Å². The van der Waals surface area contributed by atoms with E-state index in [1.54, 1.807) is 20.0 Å². The van der Waals surface area contributed by atoms with Crippen molar-refractivity contribution in [3.8, 4) is 0 Å². The number of hydrogen-bond donors (Lipinski definition) is 3. The molecule has 0 unspecified atom stereocenters. The third-order valence-corrected chi connectivity index (χ3v) is 5.31. The van der Waals surface area contributed by atoms with Crippen LogP contribution in [0.2, 0.25) is 0 Å². The Morgan fingerprint density at radius 1 is 1.22 bits per heavy atom. The molecule has 0 aliphatic carbocycles. The van der Waals surface area contributed by atoms with Crippen LogP contribution < -0.4 is 20.9 Å². The summed E-state index contributed by atoms with van der Waals surface area (Å²) in [6, 6.07) is 8.00. The number of nitrogen functional groups attached to an aromatic ring is 1. The predicted molar refractivity (Wildman–Crippen MR) is 118 cm³/mol. The molecule has 0 fully saturated rings. The molecule has 1 aliphatic heterocycles. The van der Waals surface area contributed by atoms with E-state index in [2.05, 4.69) is 15.3 Å². The van der Waals surface area contributed by atoms with E-state index in [9.17, 15) is 18.7 Å². The van der Waals surface area contributed by atoms with E-state index in [-0.39, 0.29) is 29.7 Å². The van der Waals surface area contributed by atoms with Gasteiger partial charge in [0.2, 0.25) is 5.95 Å². The minimum Gasteiger partial charge on any atom is -0.399 e. The van der Waals surface area contributed by atoms with Crippen molar-refractivity contribution in [3.05, 3.63) is 65.9 Å². The van der Waals surface area contributed by atoms with E-state index in [1.165, 1.54) is 46.2 Å². The van der Waals surface area contributed by atoms with Crippen molar-refractivity contribution in [1.82, 2.24) is 9.97 Å². The van der Waals surface area contributed by atoms with Gasteiger partial charge >= 0.3 is 6.03 Å². The molecule has 2 atom stereocenters. The lowest BCUT2D eigenvalue weighted by Crippen LogP contribution is -2.54. The molecule has 2 heterocycles. The molecular formula is C22H22F2N6O2. The molecule has 4 N–H and O–H groups in total. The number of amides is 2. The summed E-state index contributed by atoms with van der Waals surface area (Å²) >= 11 is 0. The fraction of sp³-hybridized carbons (Fsp3) is 0.227. The molecule has 0 radical (unpaired) electrons. The Hall–Kier alpha value is -3.79. The zero-order chi connectivity index (χ0) is 23.0. The number of hydrogen-bond acceptors (Lipinski definition) is 6. The van der Waals surface area contributed by atoms with Gasteiger partial charge in [0.1, 0.15) is 17.5 Å². The monoisotopic (exact) mass is 440 g/mol. The molecule has 3 aromatic rings. The van der Waals surface area contributed by atoms with Crippen LogP contribution >= 0.6 is 0 Å². The van der Waals surface area contributed by atoms with Crippen LogP contribution in [0.3, 0.4) is 0 Å². The molecular weight excluding hydrogens is 418 g/mol. The summed E-state index contributed by atoms with van der Waals surface area (Å²) in [6.45, 7) is 3.07. The van der Waals surface area contributed by atoms with Crippen molar-refractivity contribution in [1.29, 1.82) is 0 Å². The van der Waals surface area contributed by atoms with Crippen LogP contribution in [0, 0.1) is 11.6 Å². The summed E-state index contributed by atoms with van der Waals surface area (Å²) in [5, 5.41) is 12.7. The van der Waals surface area contributed by atoms with Gasteiger partial charge in [-0.3, -0.25) is 9.80 Å². The van der Waals surface area contributed by atoms with Crippen molar-refractivity contribution in [3.63, 3.8) is 0 Å². The Balaban J connectivity index is 1.78. The summed E-state index contributed by atoms with van der Waals surface area (Å²) in [6.07, 6.45) is 1.55. The maximum atomic E-state index is 14.7. The number of rotatable bonds is 5. The molecule has 0 saturated heterocycles. The highest BCUT2D eigenvalue weighted by atomic mass is 19.1. The van der Waals surface area contributed by atoms with E-state index >= 15 is 0 Å². The third kappa shape index (κ3) is 3.80. The van der Waals surface area contributed by atoms with Crippen LogP contribution in [0.25, 0.3) is 0 Å². The number of aliphatic hydroxyl groups is 1. The average Bonchev–Trinajstić information content (AvgIpc) is 2.76.